The minimum absolute atomic E-state index is 0.0353. The van der Waals surface area contributed by atoms with Gasteiger partial charge in [0, 0.05) is 18.0 Å². The normalized spacial score (nSPS) is 13.3. The molecule has 1 heterocycles. The fraction of sp³-hybridized carbons (Fsp3) is 0.353. The van der Waals surface area contributed by atoms with Gasteiger partial charge in [0.2, 0.25) is 5.91 Å². The number of rotatable bonds is 7. The van der Waals surface area contributed by atoms with Gasteiger partial charge in [-0.05, 0) is 37.5 Å². The van der Waals surface area contributed by atoms with Gasteiger partial charge in [-0.2, -0.15) is 0 Å². The second kappa shape index (κ2) is 7.37. The number of aromatic nitrogens is 1. The third-order valence-electron chi connectivity index (χ3n) is 3.87. The molecule has 0 aliphatic heterocycles. The van der Waals surface area contributed by atoms with Crippen molar-refractivity contribution < 1.29 is 14.7 Å². The molecule has 0 aliphatic rings. The third-order valence-corrected chi connectivity index (χ3v) is 4.91. The second-order valence-corrected chi connectivity index (χ2v) is 6.47. The maximum absolute atomic E-state index is 12.2. The minimum Gasteiger partial charge on any atom is -0.478 e. The summed E-state index contributed by atoms with van der Waals surface area (Å²) in [7, 11) is 0. The Balaban J connectivity index is 1.93. The van der Waals surface area contributed by atoms with Crippen molar-refractivity contribution in [1.29, 1.82) is 0 Å². The number of hydrogen-bond acceptors (Lipinski definition) is 4. The van der Waals surface area contributed by atoms with E-state index in [0.29, 0.717) is 12.8 Å². The van der Waals surface area contributed by atoms with Crippen LogP contribution in [-0.2, 0) is 16.8 Å². The Kier molecular flexibility index (Phi) is 5.50. The molecule has 6 heteroatoms. The van der Waals surface area contributed by atoms with Crippen molar-refractivity contribution in [1.82, 2.24) is 10.3 Å². The van der Waals surface area contributed by atoms with Crippen molar-refractivity contribution in [2.24, 2.45) is 0 Å². The van der Waals surface area contributed by atoms with Crippen molar-refractivity contribution in [2.75, 3.05) is 0 Å². The van der Waals surface area contributed by atoms with Gasteiger partial charge >= 0.3 is 5.97 Å². The maximum atomic E-state index is 12.2. The van der Waals surface area contributed by atoms with Crippen molar-refractivity contribution in [2.45, 2.75) is 38.6 Å². The van der Waals surface area contributed by atoms with Crippen molar-refractivity contribution in [3.8, 4) is 0 Å². The Morgan fingerprint density at radius 2 is 2.00 bits per heavy atom. The molecule has 1 aromatic carbocycles. The lowest BCUT2D eigenvalue weighted by molar-refractivity contribution is -0.123. The fourth-order valence-corrected chi connectivity index (χ4v) is 3.06. The average Bonchev–Trinajstić information content (AvgIpc) is 3.08. The molecule has 2 rings (SSSR count). The second-order valence-electron chi connectivity index (χ2n) is 5.57. The van der Waals surface area contributed by atoms with Gasteiger partial charge in [0.25, 0.3) is 0 Å². The molecule has 0 fully saturated rings. The number of carbonyl (C=O) groups is 2. The van der Waals surface area contributed by atoms with Crippen LogP contribution in [0.15, 0.2) is 35.8 Å². The van der Waals surface area contributed by atoms with E-state index in [2.05, 4.69) is 10.3 Å². The molecule has 1 atom stereocenters. The standard InChI is InChI=1S/C17H20N2O3S/c1-3-17(2,16-18-10-11-23-16)19-14(20)9-6-12-4-7-13(8-5-12)15(21)22/h4-5,7-8,10-11H,3,6,9H2,1-2H3,(H,19,20)(H,21,22)/t17-/m0/s1. The highest BCUT2D eigenvalue weighted by molar-refractivity contribution is 7.09. The van der Waals surface area contributed by atoms with E-state index >= 15 is 0 Å². The highest BCUT2D eigenvalue weighted by Crippen LogP contribution is 2.26. The first-order valence-corrected chi connectivity index (χ1v) is 8.36. The summed E-state index contributed by atoms with van der Waals surface area (Å²) < 4.78 is 0. The number of benzene rings is 1. The summed E-state index contributed by atoms with van der Waals surface area (Å²) in [5.74, 6) is -0.983. The van der Waals surface area contributed by atoms with Crippen LogP contribution in [0.1, 0.15) is 47.6 Å². The van der Waals surface area contributed by atoms with Crippen molar-refractivity contribution in [3.63, 3.8) is 0 Å². The molecule has 2 N–H and O–H groups in total. The van der Waals surface area contributed by atoms with Crippen molar-refractivity contribution >= 4 is 23.2 Å². The first-order valence-electron chi connectivity index (χ1n) is 7.48. The van der Waals surface area contributed by atoms with Gasteiger partial charge in [0.05, 0.1) is 11.1 Å². The van der Waals surface area contributed by atoms with Crippen LogP contribution in [-0.4, -0.2) is 22.0 Å². The zero-order valence-corrected chi connectivity index (χ0v) is 14.0. The van der Waals surface area contributed by atoms with E-state index < -0.39 is 11.5 Å². The summed E-state index contributed by atoms with van der Waals surface area (Å²) in [6.07, 6.45) is 3.43. The Morgan fingerprint density at radius 3 is 2.52 bits per heavy atom. The van der Waals surface area contributed by atoms with Crippen LogP contribution in [0.3, 0.4) is 0 Å². The monoisotopic (exact) mass is 332 g/mol. The smallest absolute Gasteiger partial charge is 0.335 e. The predicted molar refractivity (Wildman–Crippen MR) is 89.6 cm³/mol. The van der Waals surface area contributed by atoms with Gasteiger partial charge in [-0.3, -0.25) is 4.79 Å². The van der Waals surface area contributed by atoms with Gasteiger partial charge in [-0.25, -0.2) is 9.78 Å². The van der Waals surface area contributed by atoms with E-state index in [4.69, 9.17) is 5.11 Å². The Labute approximate surface area is 139 Å². The number of aromatic carboxylic acids is 1. The average molecular weight is 332 g/mol. The van der Waals surface area contributed by atoms with E-state index in [1.165, 1.54) is 11.3 Å². The molecule has 23 heavy (non-hydrogen) atoms. The topological polar surface area (TPSA) is 79.3 Å². The summed E-state index contributed by atoms with van der Waals surface area (Å²) in [4.78, 5) is 27.3. The molecule has 0 saturated carbocycles. The lowest BCUT2D eigenvalue weighted by atomic mass is 9.99. The molecule has 1 amide bonds. The lowest BCUT2D eigenvalue weighted by Gasteiger charge is -2.27. The lowest BCUT2D eigenvalue weighted by Crippen LogP contribution is -2.43. The van der Waals surface area contributed by atoms with Crippen molar-refractivity contribution in [3.05, 3.63) is 52.0 Å². The third kappa shape index (κ3) is 4.39. The van der Waals surface area contributed by atoms with Gasteiger partial charge in [0.1, 0.15) is 5.01 Å². The van der Waals surface area contributed by atoms with E-state index in [-0.39, 0.29) is 11.5 Å². The first-order chi connectivity index (χ1) is 10.9. The van der Waals surface area contributed by atoms with E-state index in [9.17, 15) is 9.59 Å². The SMILES string of the molecule is CC[C@](C)(NC(=O)CCc1ccc(C(=O)O)cc1)c1nccs1. The number of carboxylic acid groups (broad SMARTS) is 1. The molecule has 122 valence electrons. The Morgan fingerprint density at radius 1 is 1.30 bits per heavy atom. The predicted octanol–water partition coefficient (Wildman–Crippen LogP) is 3.22. The molecule has 0 spiro atoms. The molecule has 0 aliphatic carbocycles. The van der Waals surface area contributed by atoms with E-state index in [1.807, 2.05) is 19.2 Å². The van der Waals surface area contributed by atoms with Crippen LogP contribution in [0.4, 0.5) is 0 Å². The summed E-state index contributed by atoms with van der Waals surface area (Å²) in [5, 5.41) is 14.7. The van der Waals surface area contributed by atoms with Gasteiger partial charge < -0.3 is 10.4 Å². The van der Waals surface area contributed by atoms with Crippen LogP contribution >= 0.6 is 11.3 Å². The number of carbonyl (C=O) groups excluding carboxylic acids is 1. The van der Waals surface area contributed by atoms with Crippen LogP contribution in [0.2, 0.25) is 0 Å². The summed E-state index contributed by atoms with van der Waals surface area (Å²) in [6, 6.07) is 6.61. The summed E-state index contributed by atoms with van der Waals surface area (Å²) >= 11 is 1.53. The molecular weight excluding hydrogens is 312 g/mol. The number of hydrogen-bond donors (Lipinski definition) is 2. The summed E-state index contributed by atoms with van der Waals surface area (Å²) in [5.41, 5.74) is 0.747. The molecule has 0 saturated heterocycles. The highest BCUT2D eigenvalue weighted by atomic mass is 32.1. The van der Waals surface area contributed by atoms with Crippen LogP contribution in [0, 0.1) is 0 Å². The first kappa shape index (κ1) is 17.1. The zero-order chi connectivity index (χ0) is 16.9. The number of aryl methyl sites for hydroxylation is 1. The van der Waals surface area contributed by atoms with Gasteiger partial charge in [0.15, 0.2) is 0 Å². The molecule has 0 radical (unpaired) electrons. The maximum Gasteiger partial charge on any atom is 0.335 e. The van der Waals surface area contributed by atoms with E-state index in [0.717, 1.165) is 17.0 Å². The number of nitrogens with one attached hydrogen (secondary N) is 1. The zero-order valence-electron chi connectivity index (χ0n) is 13.2. The molecule has 5 nitrogen and oxygen atoms in total. The number of nitrogens with zero attached hydrogens (tertiary/aromatic N) is 1. The summed E-state index contributed by atoms with van der Waals surface area (Å²) in [6.45, 7) is 4.00. The fourth-order valence-electron chi connectivity index (χ4n) is 2.23. The molecule has 1 aromatic heterocycles. The van der Waals surface area contributed by atoms with Crippen LogP contribution in [0.25, 0.3) is 0 Å². The largest absolute Gasteiger partial charge is 0.478 e. The quantitative estimate of drug-likeness (QED) is 0.816. The molecule has 2 aromatic rings. The molecule has 0 unspecified atom stereocenters. The van der Waals surface area contributed by atoms with E-state index in [1.54, 1.807) is 30.5 Å². The minimum atomic E-state index is -0.948. The number of amides is 1. The van der Waals surface area contributed by atoms with Crippen LogP contribution < -0.4 is 5.32 Å². The molecular formula is C17H20N2O3S. The Hall–Kier alpha value is -2.21. The number of thiazole rings is 1. The van der Waals surface area contributed by atoms with Crippen LogP contribution in [0.5, 0.6) is 0 Å². The van der Waals surface area contributed by atoms with Gasteiger partial charge in [-0.1, -0.05) is 19.1 Å². The molecule has 0 bridgehead atoms. The number of carboxylic acids is 1. The van der Waals surface area contributed by atoms with Gasteiger partial charge in [-0.15, -0.1) is 11.3 Å². The highest BCUT2D eigenvalue weighted by Gasteiger charge is 2.28. The Bertz CT molecular complexity index is 668.